The van der Waals surface area contributed by atoms with E-state index in [9.17, 15) is 0 Å². The van der Waals surface area contributed by atoms with E-state index in [4.69, 9.17) is 14.7 Å². The van der Waals surface area contributed by atoms with Crippen LogP contribution < -0.4 is 9.47 Å². The van der Waals surface area contributed by atoms with Gasteiger partial charge in [-0.1, -0.05) is 22.0 Å². The normalized spacial score (nSPS) is 9.90. The van der Waals surface area contributed by atoms with Crippen LogP contribution in [0, 0.1) is 18.3 Å². The molecule has 0 amide bonds. The van der Waals surface area contributed by atoms with Gasteiger partial charge in [0.2, 0.25) is 0 Å². The van der Waals surface area contributed by atoms with Gasteiger partial charge in [0.1, 0.15) is 24.2 Å². The van der Waals surface area contributed by atoms with Gasteiger partial charge < -0.3 is 9.47 Å². The van der Waals surface area contributed by atoms with Crippen molar-refractivity contribution in [3.8, 4) is 17.6 Å². The fourth-order valence-corrected chi connectivity index (χ4v) is 2.34. The number of ether oxygens (including phenoxy) is 2. The molecule has 0 saturated carbocycles. The summed E-state index contributed by atoms with van der Waals surface area (Å²) in [6.07, 6.45) is 0. The van der Waals surface area contributed by atoms with Crippen LogP contribution in [-0.2, 0) is 6.61 Å². The molecule has 3 nitrogen and oxygen atoms in total. The molecule has 0 aromatic heterocycles. The molecule has 0 unspecified atom stereocenters. The first-order chi connectivity index (χ1) is 9.63. The van der Waals surface area contributed by atoms with E-state index in [0.29, 0.717) is 17.9 Å². The zero-order chi connectivity index (χ0) is 14.5. The Morgan fingerprint density at radius 3 is 2.55 bits per heavy atom. The largest absolute Gasteiger partial charge is 0.495 e. The molecule has 0 aliphatic heterocycles. The van der Waals surface area contributed by atoms with E-state index in [1.807, 2.05) is 31.2 Å². The molecule has 0 fully saturated rings. The summed E-state index contributed by atoms with van der Waals surface area (Å²) in [6.45, 7) is 2.41. The van der Waals surface area contributed by atoms with Gasteiger partial charge in [-0.25, -0.2) is 0 Å². The molecule has 0 N–H and O–H groups in total. The monoisotopic (exact) mass is 331 g/mol. The minimum absolute atomic E-state index is 0.418. The SMILES string of the molecule is COc1ccc(COc2ccc(Br)cc2C)cc1C#N. The zero-order valence-electron chi connectivity index (χ0n) is 11.3. The summed E-state index contributed by atoms with van der Waals surface area (Å²) in [7, 11) is 1.55. The number of rotatable bonds is 4. The molecule has 0 saturated heterocycles. The van der Waals surface area contributed by atoms with Gasteiger partial charge in [0.25, 0.3) is 0 Å². The third-order valence-electron chi connectivity index (χ3n) is 2.92. The van der Waals surface area contributed by atoms with Gasteiger partial charge >= 0.3 is 0 Å². The van der Waals surface area contributed by atoms with Crippen LogP contribution in [0.15, 0.2) is 40.9 Å². The fraction of sp³-hybridized carbons (Fsp3) is 0.188. The second kappa shape index (κ2) is 6.44. The number of benzene rings is 2. The maximum atomic E-state index is 9.06. The molecule has 0 atom stereocenters. The number of aryl methyl sites for hydroxylation is 1. The summed E-state index contributed by atoms with van der Waals surface area (Å²) in [4.78, 5) is 0. The number of hydrogen-bond acceptors (Lipinski definition) is 3. The summed E-state index contributed by atoms with van der Waals surface area (Å²) >= 11 is 3.42. The first kappa shape index (κ1) is 14.4. The lowest BCUT2D eigenvalue weighted by molar-refractivity contribution is 0.303. The summed E-state index contributed by atoms with van der Waals surface area (Å²) in [5.74, 6) is 1.42. The van der Waals surface area contributed by atoms with E-state index < -0.39 is 0 Å². The third kappa shape index (κ3) is 3.31. The van der Waals surface area contributed by atoms with Gasteiger partial charge in [0.15, 0.2) is 0 Å². The molecule has 2 rings (SSSR count). The highest BCUT2D eigenvalue weighted by atomic mass is 79.9. The number of methoxy groups -OCH3 is 1. The van der Waals surface area contributed by atoms with Crippen LogP contribution in [0.3, 0.4) is 0 Å². The molecular formula is C16H14BrNO2. The number of hydrogen-bond donors (Lipinski definition) is 0. The van der Waals surface area contributed by atoms with Crippen molar-refractivity contribution in [3.63, 3.8) is 0 Å². The Kier molecular flexibility index (Phi) is 4.65. The molecule has 4 heteroatoms. The van der Waals surface area contributed by atoms with Gasteiger partial charge in [0, 0.05) is 4.47 Å². The van der Waals surface area contributed by atoms with Crippen LogP contribution in [0.2, 0.25) is 0 Å². The van der Waals surface area contributed by atoms with Gasteiger partial charge in [-0.05, 0) is 48.4 Å². The Hall–Kier alpha value is -1.99. The Bertz CT molecular complexity index is 662. The predicted molar refractivity (Wildman–Crippen MR) is 80.9 cm³/mol. The number of halogens is 1. The summed E-state index contributed by atoms with van der Waals surface area (Å²) in [5, 5.41) is 9.06. The fourth-order valence-electron chi connectivity index (χ4n) is 1.87. The van der Waals surface area contributed by atoms with Crippen molar-refractivity contribution in [2.45, 2.75) is 13.5 Å². The van der Waals surface area contributed by atoms with Crippen LogP contribution in [-0.4, -0.2) is 7.11 Å². The molecule has 0 radical (unpaired) electrons. The lowest BCUT2D eigenvalue weighted by atomic mass is 10.1. The molecule has 0 aliphatic rings. The van der Waals surface area contributed by atoms with Crippen molar-refractivity contribution in [1.82, 2.24) is 0 Å². The summed E-state index contributed by atoms with van der Waals surface area (Å²) < 4.78 is 11.9. The van der Waals surface area contributed by atoms with Gasteiger partial charge in [0.05, 0.1) is 12.7 Å². The van der Waals surface area contributed by atoms with E-state index >= 15 is 0 Å². The smallest absolute Gasteiger partial charge is 0.136 e. The summed E-state index contributed by atoms with van der Waals surface area (Å²) in [6, 6.07) is 13.5. The van der Waals surface area contributed by atoms with Crippen LogP contribution in [0.1, 0.15) is 16.7 Å². The quantitative estimate of drug-likeness (QED) is 0.842. The van der Waals surface area contributed by atoms with Crippen LogP contribution in [0.4, 0.5) is 0 Å². The molecule has 0 heterocycles. The molecule has 2 aromatic carbocycles. The zero-order valence-corrected chi connectivity index (χ0v) is 12.9. The number of nitrogens with zero attached hydrogens (tertiary/aromatic N) is 1. The first-order valence-electron chi connectivity index (χ1n) is 6.10. The molecule has 2 aromatic rings. The second-order valence-electron chi connectivity index (χ2n) is 4.34. The van der Waals surface area contributed by atoms with Crippen molar-refractivity contribution in [2.75, 3.05) is 7.11 Å². The van der Waals surface area contributed by atoms with Gasteiger partial charge in [-0.15, -0.1) is 0 Å². The average molecular weight is 332 g/mol. The van der Waals surface area contributed by atoms with E-state index in [1.54, 1.807) is 19.2 Å². The molecule has 0 bridgehead atoms. The van der Waals surface area contributed by atoms with E-state index in [2.05, 4.69) is 22.0 Å². The van der Waals surface area contributed by atoms with Crippen molar-refractivity contribution in [1.29, 1.82) is 5.26 Å². The van der Waals surface area contributed by atoms with E-state index in [0.717, 1.165) is 21.3 Å². The van der Waals surface area contributed by atoms with Crippen LogP contribution >= 0.6 is 15.9 Å². The van der Waals surface area contributed by atoms with Crippen molar-refractivity contribution < 1.29 is 9.47 Å². The maximum absolute atomic E-state index is 9.06. The number of nitriles is 1. The molecular weight excluding hydrogens is 318 g/mol. The highest BCUT2D eigenvalue weighted by Crippen LogP contribution is 2.24. The Morgan fingerprint density at radius 1 is 1.15 bits per heavy atom. The predicted octanol–water partition coefficient (Wildman–Crippen LogP) is 4.22. The van der Waals surface area contributed by atoms with Gasteiger partial charge in [-0.2, -0.15) is 5.26 Å². The average Bonchev–Trinajstić information content (AvgIpc) is 2.46. The van der Waals surface area contributed by atoms with Gasteiger partial charge in [-0.3, -0.25) is 0 Å². The molecule has 0 aliphatic carbocycles. The lowest BCUT2D eigenvalue weighted by Crippen LogP contribution is -1.98. The Balaban J connectivity index is 2.13. The molecule has 0 spiro atoms. The molecule has 102 valence electrons. The van der Waals surface area contributed by atoms with E-state index in [-0.39, 0.29) is 0 Å². The van der Waals surface area contributed by atoms with Crippen LogP contribution in [0.5, 0.6) is 11.5 Å². The van der Waals surface area contributed by atoms with E-state index in [1.165, 1.54) is 0 Å². The molecule has 20 heavy (non-hydrogen) atoms. The first-order valence-corrected chi connectivity index (χ1v) is 6.89. The van der Waals surface area contributed by atoms with Crippen molar-refractivity contribution in [2.24, 2.45) is 0 Å². The minimum Gasteiger partial charge on any atom is -0.495 e. The second-order valence-corrected chi connectivity index (χ2v) is 5.26. The van der Waals surface area contributed by atoms with Crippen molar-refractivity contribution >= 4 is 15.9 Å². The third-order valence-corrected chi connectivity index (χ3v) is 3.41. The standard InChI is InChI=1S/C16H14BrNO2/c1-11-7-14(17)4-6-15(11)20-10-12-3-5-16(19-2)13(8-12)9-18/h3-8H,10H2,1-2H3. The Morgan fingerprint density at radius 2 is 1.90 bits per heavy atom. The van der Waals surface area contributed by atoms with Crippen LogP contribution in [0.25, 0.3) is 0 Å². The highest BCUT2D eigenvalue weighted by molar-refractivity contribution is 9.10. The topological polar surface area (TPSA) is 42.2 Å². The minimum atomic E-state index is 0.418. The highest BCUT2D eigenvalue weighted by Gasteiger charge is 2.05. The maximum Gasteiger partial charge on any atom is 0.136 e. The van der Waals surface area contributed by atoms with Crippen molar-refractivity contribution in [3.05, 3.63) is 57.6 Å². The summed E-state index contributed by atoms with van der Waals surface area (Å²) in [5.41, 5.74) is 2.51. The lowest BCUT2D eigenvalue weighted by Gasteiger charge is -2.10. The Labute approximate surface area is 126 Å².